The second-order valence-electron chi connectivity index (χ2n) is 8.81. The lowest BCUT2D eigenvalue weighted by Gasteiger charge is -2.62. The number of esters is 1. The lowest BCUT2D eigenvalue weighted by molar-refractivity contribution is -0.153. The molecular weight excluding hydrogens is 346 g/mol. The van der Waals surface area contributed by atoms with Crippen LogP contribution in [0.5, 0.6) is 0 Å². The number of nitrogens with one attached hydrogen (secondary N) is 1. The lowest BCUT2D eigenvalue weighted by atomic mass is 9.43. The van der Waals surface area contributed by atoms with Gasteiger partial charge in [-0.05, 0) is 48.3 Å². The summed E-state index contributed by atoms with van der Waals surface area (Å²) in [5.41, 5.74) is 2.46. The molecule has 0 unspecified atom stereocenters. The van der Waals surface area contributed by atoms with Crippen molar-refractivity contribution < 1.29 is 9.53 Å². The number of benzene rings is 2. The van der Waals surface area contributed by atoms with Crippen LogP contribution in [0.25, 0.3) is 0 Å². The first-order valence-corrected chi connectivity index (χ1v) is 10.1. The average Bonchev–Trinajstić information content (AvgIpc) is 2.72. The first kappa shape index (κ1) is 18.8. The highest BCUT2D eigenvalue weighted by molar-refractivity contribution is 5.87. The van der Waals surface area contributed by atoms with Gasteiger partial charge in [0.1, 0.15) is 0 Å². The van der Waals surface area contributed by atoms with Crippen molar-refractivity contribution >= 4 is 11.7 Å². The average molecular weight is 376 g/mol. The van der Waals surface area contributed by atoms with Crippen molar-refractivity contribution in [3.63, 3.8) is 0 Å². The molecule has 1 fully saturated rings. The fourth-order valence-electron chi connectivity index (χ4n) is 5.55. The molecular formula is C25H29NO2. The molecule has 3 aliphatic carbocycles. The maximum absolute atomic E-state index is 13.5. The van der Waals surface area contributed by atoms with E-state index < -0.39 is 5.54 Å². The van der Waals surface area contributed by atoms with Gasteiger partial charge >= 0.3 is 5.97 Å². The van der Waals surface area contributed by atoms with Crippen molar-refractivity contribution in [3.8, 4) is 0 Å². The van der Waals surface area contributed by atoms with Crippen LogP contribution in [0.4, 0.5) is 5.69 Å². The molecule has 0 saturated heterocycles. The second kappa shape index (κ2) is 6.80. The Morgan fingerprint density at radius 1 is 1.07 bits per heavy atom. The molecule has 2 aromatic carbocycles. The molecule has 146 valence electrons. The van der Waals surface area contributed by atoms with Crippen molar-refractivity contribution in [2.45, 2.75) is 32.7 Å². The van der Waals surface area contributed by atoms with E-state index >= 15 is 0 Å². The number of carbonyl (C=O) groups excluding carboxylic acids is 1. The number of rotatable bonds is 5. The van der Waals surface area contributed by atoms with Gasteiger partial charge in [-0.25, -0.2) is 4.79 Å². The van der Waals surface area contributed by atoms with Gasteiger partial charge in [-0.15, -0.1) is 0 Å². The predicted octanol–water partition coefficient (Wildman–Crippen LogP) is 5.41. The smallest absolute Gasteiger partial charge is 0.336 e. The Morgan fingerprint density at radius 3 is 2.21 bits per heavy atom. The van der Waals surface area contributed by atoms with E-state index in [1.807, 2.05) is 60.7 Å². The van der Waals surface area contributed by atoms with Crippen LogP contribution in [0.1, 0.15) is 32.8 Å². The number of carbonyl (C=O) groups is 1. The summed E-state index contributed by atoms with van der Waals surface area (Å²) in [6, 6.07) is 20.0. The fraction of sp³-hybridized carbons (Fsp3) is 0.400. The first-order valence-electron chi connectivity index (χ1n) is 10.1. The van der Waals surface area contributed by atoms with Crippen LogP contribution in [0.3, 0.4) is 0 Å². The van der Waals surface area contributed by atoms with Gasteiger partial charge in [-0.3, -0.25) is 0 Å². The van der Waals surface area contributed by atoms with Gasteiger partial charge in [0.25, 0.3) is 0 Å². The van der Waals surface area contributed by atoms with E-state index in [2.05, 4.69) is 32.2 Å². The standard InChI is InChI=1S/C25H29NO2/c1-17-15-22(21-16-20(17)24(21,2)3)25(23(27)28-4,18-11-7-5-8-12-18)26-19-13-9-6-10-14-19/h5-15,20-22,26H,16H2,1-4H3/t20-,21+,22+,25+/m0/s1. The number of fused-ring (bicyclic) bond motifs is 1. The van der Waals surface area contributed by atoms with Gasteiger partial charge in [0, 0.05) is 11.6 Å². The summed E-state index contributed by atoms with van der Waals surface area (Å²) in [6.45, 7) is 6.89. The largest absolute Gasteiger partial charge is 0.467 e. The van der Waals surface area contributed by atoms with E-state index in [9.17, 15) is 4.79 Å². The number of hydrogen-bond acceptors (Lipinski definition) is 3. The summed E-state index contributed by atoms with van der Waals surface area (Å²) in [4.78, 5) is 13.5. The number of ether oxygens (including phenoxy) is 1. The van der Waals surface area contributed by atoms with Crippen LogP contribution >= 0.6 is 0 Å². The highest BCUT2D eigenvalue weighted by atomic mass is 16.5. The van der Waals surface area contributed by atoms with Crippen LogP contribution in [0.2, 0.25) is 0 Å². The topological polar surface area (TPSA) is 38.3 Å². The Bertz CT molecular complexity index is 887. The molecule has 2 bridgehead atoms. The van der Waals surface area contributed by atoms with Crippen molar-refractivity contribution in [2.75, 3.05) is 12.4 Å². The second-order valence-corrected chi connectivity index (χ2v) is 8.81. The van der Waals surface area contributed by atoms with E-state index in [4.69, 9.17) is 4.74 Å². The Balaban J connectivity index is 1.92. The minimum Gasteiger partial charge on any atom is -0.467 e. The van der Waals surface area contributed by atoms with Crippen LogP contribution in [-0.2, 0) is 15.1 Å². The SMILES string of the molecule is COC(=O)[C@@](Nc1ccccc1)(c1ccccc1)[C@@H]1C=C(C)[C@@H]2C[C@H]1C2(C)C. The molecule has 0 heterocycles. The highest BCUT2D eigenvalue weighted by Crippen LogP contribution is 2.64. The molecule has 0 amide bonds. The zero-order valence-electron chi connectivity index (χ0n) is 17.1. The van der Waals surface area contributed by atoms with Gasteiger partial charge in [0.15, 0.2) is 5.54 Å². The van der Waals surface area contributed by atoms with Crippen molar-refractivity contribution in [2.24, 2.45) is 23.2 Å². The molecule has 3 heteroatoms. The quantitative estimate of drug-likeness (QED) is 0.561. The summed E-state index contributed by atoms with van der Waals surface area (Å²) in [5.74, 6) is 0.800. The van der Waals surface area contributed by atoms with Crippen molar-refractivity contribution in [1.29, 1.82) is 0 Å². The molecule has 1 saturated carbocycles. The van der Waals surface area contributed by atoms with E-state index in [1.54, 1.807) is 0 Å². The predicted molar refractivity (Wildman–Crippen MR) is 113 cm³/mol. The summed E-state index contributed by atoms with van der Waals surface area (Å²) in [7, 11) is 1.49. The number of methoxy groups -OCH3 is 1. The number of hydrogen-bond donors (Lipinski definition) is 1. The lowest BCUT2D eigenvalue weighted by Crippen LogP contribution is -2.61. The van der Waals surface area contributed by atoms with Crippen LogP contribution in [0, 0.1) is 23.2 Å². The fourth-order valence-corrected chi connectivity index (χ4v) is 5.55. The Hall–Kier alpha value is -2.55. The van der Waals surface area contributed by atoms with Gasteiger partial charge in [-0.1, -0.05) is 74.0 Å². The van der Waals surface area contributed by atoms with Crippen LogP contribution in [-0.4, -0.2) is 13.1 Å². The summed E-state index contributed by atoms with van der Waals surface area (Å²) in [5, 5.41) is 3.62. The number of anilines is 1. The van der Waals surface area contributed by atoms with Gasteiger partial charge in [-0.2, -0.15) is 0 Å². The van der Waals surface area contributed by atoms with Crippen molar-refractivity contribution in [3.05, 3.63) is 77.9 Å². The third-order valence-electron chi connectivity index (χ3n) is 7.12. The molecule has 3 aliphatic rings. The van der Waals surface area contributed by atoms with Crippen molar-refractivity contribution in [1.82, 2.24) is 0 Å². The van der Waals surface area contributed by atoms with Gasteiger partial charge in [0.2, 0.25) is 0 Å². The molecule has 1 N–H and O–H groups in total. The van der Waals surface area contributed by atoms with Crippen LogP contribution in [0.15, 0.2) is 72.3 Å². The normalized spacial score (nSPS) is 27.0. The Morgan fingerprint density at radius 2 is 1.68 bits per heavy atom. The summed E-state index contributed by atoms with van der Waals surface area (Å²) < 4.78 is 5.43. The molecule has 4 atom stereocenters. The Kier molecular flexibility index (Phi) is 4.57. The molecule has 28 heavy (non-hydrogen) atoms. The van der Waals surface area contributed by atoms with Gasteiger partial charge in [0.05, 0.1) is 7.11 Å². The molecule has 3 nitrogen and oxygen atoms in total. The van der Waals surface area contributed by atoms with E-state index in [-0.39, 0.29) is 17.3 Å². The van der Waals surface area contributed by atoms with E-state index in [1.165, 1.54) is 12.7 Å². The maximum atomic E-state index is 13.5. The van der Waals surface area contributed by atoms with E-state index in [0.29, 0.717) is 11.8 Å². The zero-order chi connectivity index (χ0) is 19.9. The summed E-state index contributed by atoms with van der Waals surface area (Å²) >= 11 is 0. The minimum absolute atomic E-state index is 0.0163. The maximum Gasteiger partial charge on any atom is 0.336 e. The van der Waals surface area contributed by atoms with E-state index in [0.717, 1.165) is 17.7 Å². The van der Waals surface area contributed by atoms with Crippen LogP contribution < -0.4 is 5.32 Å². The molecule has 2 aromatic rings. The highest BCUT2D eigenvalue weighted by Gasteiger charge is 2.62. The molecule has 0 radical (unpaired) electrons. The zero-order valence-corrected chi connectivity index (χ0v) is 17.1. The molecule has 0 aliphatic heterocycles. The third-order valence-corrected chi connectivity index (χ3v) is 7.12. The number of allylic oxidation sites excluding steroid dienone is 1. The molecule has 0 aromatic heterocycles. The minimum atomic E-state index is -0.966. The molecule has 5 rings (SSSR count). The Labute approximate surface area is 167 Å². The third kappa shape index (κ3) is 2.68. The first-order chi connectivity index (χ1) is 13.4. The van der Waals surface area contributed by atoms with Gasteiger partial charge < -0.3 is 10.1 Å². The monoisotopic (exact) mass is 375 g/mol. The summed E-state index contributed by atoms with van der Waals surface area (Å²) in [6.07, 6.45) is 3.45. The number of para-hydroxylation sites is 1. The molecule has 0 spiro atoms.